The van der Waals surface area contributed by atoms with Gasteiger partial charge in [0.15, 0.2) is 0 Å². The second-order valence-corrected chi connectivity index (χ2v) is 8.47. The molecule has 0 rings (SSSR count). The van der Waals surface area contributed by atoms with E-state index in [-0.39, 0.29) is 24.7 Å². The van der Waals surface area contributed by atoms with Crippen molar-refractivity contribution in [3.63, 3.8) is 0 Å². The molecule has 0 fully saturated rings. The molecule has 0 spiro atoms. The predicted molar refractivity (Wildman–Crippen MR) is 122 cm³/mol. The number of aliphatic hydroxyl groups is 3. The fourth-order valence-corrected chi connectivity index (χ4v) is 3.94. The van der Waals surface area contributed by atoms with E-state index in [0.29, 0.717) is 0 Å². The first-order valence-electron chi connectivity index (χ1n) is 12.3. The van der Waals surface area contributed by atoms with Crippen LogP contribution in [-0.2, 0) is 0 Å². The minimum atomic E-state index is -0.339. The highest BCUT2D eigenvalue weighted by molar-refractivity contribution is 4.81. The molecular weight excluding hydrogens is 348 g/mol. The van der Waals surface area contributed by atoms with Crippen LogP contribution in [0.2, 0.25) is 0 Å². The molecule has 0 aliphatic carbocycles. The lowest BCUT2D eigenvalue weighted by Gasteiger charge is -2.28. The third-order valence-corrected chi connectivity index (χ3v) is 5.82. The van der Waals surface area contributed by atoms with E-state index in [1.54, 1.807) is 0 Å². The van der Waals surface area contributed by atoms with Gasteiger partial charge in [-0.15, -0.1) is 0 Å². The molecule has 0 bridgehead atoms. The summed E-state index contributed by atoms with van der Waals surface area (Å²) in [5.41, 5.74) is 0. The molecule has 0 heterocycles. The molecule has 0 saturated heterocycles. The molecule has 0 aromatic carbocycles. The third kappa shape index (κ3) is 16.6. The van der Waals surface area contributed by atoms with E-state index in [1.165, 1.54) is 57.8 Å². The highest BCUT2D eigenvalue weighted by Crippen LogP contribution is 2.25. The summed E-state index contributed by atoms with van der Waals surface area (Å²) in [7, 11) is 0. The Morgan fingerprint density at radius 2 is 1.04 bits per heavy atom. The quantitative estimate of drug-likeness (QED) is 0.152. The number of hydrogen-bond acceptors (Lipinski definition) is 3. The first kappa shape index (κ1) is 27.6. The Bertz CT molecular complexity index is 314. The van der Waals surface area contributed by atoms with Gasteiger partial charge in [-0.2, -0.15) is 0 Å². The van der Waals surface area contributed by atoms with Gasteiger partial charge in [-0.1, -0.05) is 96.6 Å². The van der Waals surface area contributed by atoms with Crippen molar-refractivity contribution in [1.29, 1.82) is 0 Å². The Balaban J connectivity index is 4.01. The van der Waals surface area contributed by atoms with E-state index in [1.807, 2.05) is 0 Å². The molecule has 2 atom stereocenters. The van der Waals surface area contributed by atoms with Gasteiger partial charge in [-0.3, -0.25) is 0 Å². The molecule has 2 unspecified atom stereocenters. The van der Waals surface area contributed by atoms with Gasteiger partial charge < -0.3 is 15.3 Å². The largest absolute Gasteiger partial charge is 0.396 e. The normalized spacial score (nSPS) is 15.2. The van der Waals surface area contributed by atoms with Crippen LogP contribution in [0.25, 0.3) is 0 Å². The van der Waals surface area contributed by atoms with Crippen LogP contribution in [0.1, 0.15) is 123 Å². The lowest BCUT2D eigenvalue weighted by molar-refractivity contribution is -0.00316. The van der Waals surface area contributed by atoms with Crippen molar-refractivity contribution in [2.75, 3.05) is 6.61 Å². The summed E-state index contributed by atoms with van der Waals surface area (Å²) in [5, 5.41) is 30.0. The zero-order valence-electron chi connectivity index (χ0n) is 19.0. The molecule has 3 heteroatoms. The smallest absolute Gasteiger partial charge is 0.0593 e. The molecule has 28 heavy (non-hydrogen) atoms. The number of unbranched alkanes of at least 4 members (excludes halogenated alkanes) is 10. The monoisotopic (exact) mass is 398 g/mol. The Morgan fingerprint density at radius 3 is 1.57 bits per heavy atom. The second kappa shape index (κ2) is 21.3. The Kier molecular flexibility index (Phi) is 21.0. The molecule has 0 aliphatic heterocycles. The summed E-state index contributed by atoms with van der Waals surface area (Å²) >= 11 is 0. The van der Waals surface area contributed by atoms with Gasteiger partial charge >= 0.3 is 0 Å². The SMILES string of the molecule is CCCCCC(O)C(CCCCCCCC/C=C/CCO)C(O)CCCCC. The van der Waals surface area contributed by atoms with Gasteiger partial charge in [0.2, 0.25) is 0 Å². The maximum absolute atomic E-state index is 10.6. The summed E-state index contributed by atoms with van der Waals surface area (Å²) in [6.45, 7) is 4.63. The molecule has 168 valence electrons. The van der Waals surface area contributed by atoms with Crippen molar-refractivity contribution in [2.24, 2.45) is 5.92 Å². The highest BCUT2D eigenvalue weighted by Gasteiger charge is 2.25. The van der Waals surface area contributed by atoms with Gasteiger partial charge in [0.1, 0.15) is 0 Å². The summed E-state index contributed by atoms with van der Waals surface area (Å²) in [4.78, 5) is 0. The zero-order chi connectivity index (χ0) is 20.9. The van der Waals surface area contributed by atoms with Gasteiger partial charge in [0, 0.05) is 12.5 Å². The average Bonchev–Trinajstić information content (AvgIpc) is 2.69. The minimum absolute atomic E-state index is 0.0605. The number of hydrogen-bond donors (Lipinski definition) is 3. The van der Waals surface area contributed by atoms with Crippen LogP contribution in [0.3, 0.4) is 0 Å². The minimum Gasteiger partial charge on any atom is -0.396 e. The van der Waals surface area contributed by atoms with Crippen LogP contribution in [0, 0.1) is 5.92 Å². The topological polar surface area (TPSA) is 60.7 Å². The molecule has 3 N–H and O–H groups in total. The summed E-state index contributed by atoms with van der Waals surface area (Å²) in [6, 6.07) is 0. The van der Waals surface area contributed by atoms with Crippen LogP contribution < -0.4 is 0 Å². The average molecular weight is 399 g/mol. The van der Waals surface area contributed by atoms with Crippen molar-refractivity contribution in [2.45, 2.75) is 135 Å². The van der Waals surface area contributed by atoms with E-state index < -0.39 is 0 Å². The van der Waals surface area contributed by atoms with Crippen molar-refractivity contribution in [1.82, 2.24) is 0 Å². The van der Waals surface area contributed by atoms with E-state index in [9.17, 15) is 10.2 Å². The second-order valence-electron chi connectivity index (χ2n) is 8.47. The maximum Gasteiger partial charge on any atom is 0.0593 e. The Labute approximate surface area is 175 Å². The third-order valence-electron chi connectivity index (χ3n) is 5.82. The van der Waals surface area contributed by atoms with Crippen molar-refractivity contribution >= 4 is 0 Å². The van der Waals surface area contributed by atoms with E-state index in [0.717, 1.165) is 51.4 Å². The van der Waals surface area contributed by atoms with Gasteiger partial charge in [-0.05, 0) is 38.5 Å². The van der Waals surface area contributed by atoms with Gasteiger partial charge in [-0.25, -0.2) is 0 Å². The number of allylic oxidation sites excluding steroid dienone is 1. The van der Waals surface area contributed by atoms with Crippen LogP contribution in [0.5, 0.6) is 0 Å². The van der Waals surface area contributed by atoms with E-state index in [4.69, 9.17) is 5.11 Å². The number of rotatable bonds is 21. The molecule has 0 aromatic rings. The molecule has 3 nitrogen and oxygen atoms in total. The summed E-state index contributed by atoms with van der Waals surface area (Å²) < 4.78 is 0. The first-order chi connectivity index (χ1) is 13.7. The van der Waals surface area contributed by atoms with Gasteiger partial charge in [0.05, 0.1) is 12.2 Å². The number of aliphatic hydroxyl groups excluding tert-OH is 3. The van der Waals surface area contributed by atoms with Crippen LogP contribution in [0.4, 0.5) is 0 Å². The molecule has 0 aliphatic rings. The van der Waals surface area contributed by atoms with E-state index in [2.05, 4.69) is 26.0 Å². The summed E-state index contributed by atoms with van der Waals surface area (Å²) in [5.74, 6) is 0.0605. The van der Waals surface area contributed by atoms with Crippen molar-refractivity contribution < 1.29 is 15.3 Å². The predicted octanol–water partition coefficient (Wildman–Crippen LogP) is 6.54. The highest BCUT2D eigenvalue weighted by atomic mass is 16.3. The van der Waals surface area contributed by atoms with Crippen LogP contribution >= 0.6 is 0 Å². The Hall–Kier alpha value is -0.380. The first-order valence-corrected chi connectivity index (χ1v) is 12.3. The molecular formula is C25H50O3. The molecule has 0 radical (unpaired) electrons. The fourth-order valence-electron chi connectivity index (χ4n) is 3.94. The maximum atomic E-state index is 10.6. The van der Waals surface area contributed by atoms with Gasteiger partial charge in [0.25, 0.3) is 0 Å². The molecule has 0 saturated carbocycles. The van der Waals surface area contributed by atoms with Crippen LogP contribution in [-0.4, -0.2) is 34.1 Å². The van der Waals surface area contributed by atoms with Crippen LogP contribution in [0.15, 0.2) is 12.2 Å². The standard InChI is InChI=1S/C25H50O3/c1-3-5-15-20-24(27)23(25(28)21-16-6-4-2)19-17-13-11-9-7-8-10-12-14-18-22-26/h12,14,23-28H,3-11,13,15-22H2,1-2H3/b14-12+. The molecule has 0 aromatic heterocycles. The molecule has 0 amide bonds. The lowest BCUT2D eigenvalue weighted by atomic mass is 9.85. The zero-order valence-corrected chi connectivity index (χ0v) is 19.0. The lowest BCUT2D eigenvalue weighted by Crippen LogP contribution is -2.32. The Morgan fingerprint density at radius 1 is 0.571 bits per heavy atom. The van der Waals surface area contributed by atoms with Crippen molar-refractivity contribution in [3.8, 4) is 0 Å². The summed E-state index contributed by atoms with van der Waals surface area (Å²) in [6.07, 6.45) is 22.3. The van der Waals surface area contributed by atoms with Crippen molar-refractivity contribution in [3.05, 3.63) is 12.2 Å². The fraction of sp³-hybridized carbons (Fsp3) is 0.920. The van der Waals surface area contributed by atoms with E-state index >= 15 is 0 Å².